The number of aliphatic hydroxyl groups is 1. The molecule has 0 bridgehead atoms. The summed E-state index contributed by atoms with van der Waals surface area (Å²) in [5.74, 6) is 0. The first-order chi connectivity index (χ1) is 8.76. The molecular formula is C15H22ClNO. The molecule has 1 aromatic carbocycles. The van der Waals surface area contributed by atoms with Gasteiger partial charge in [0, 0.05) is 12.6 Å². The van der Waals surface area contributed by atoms with Crippen LogP contribution >= 0.6 is 11.6 Å². The summed E-state index contributed by atoms with van der Waals surface area (Å²) >= 11 is 6.35. The first-order valence-electron chi connectivity index (χ1n) is 6.92. The van der Waals surface area contributed by atoms with Crippen molar-refractivity contribution in [2.75, 3.05) is 11.4 Å². The summed E-state index contributed by atoms with van der Waals surface area (Å²) in [7, 11) is 0. The van der Waals surface area contributed by atoms with E-state index < -0.39 is 0 Å². The summed E-state index contributed by atoms with van der Waals surface area (Å²) < 4.78 is 0. The minimum absolute atomic E-state index is 0.0540. The van der Waals surface area contributed by atoms with Gasteiger partial charge in [0.15, 0.2) is 0 Å². The van der Waals surface area contributed by atoms with E-state index in [9.17, 15) is 0 Å². The molecule has 1 N–H and O–H groups in total. The predicted molar refractivity (Wildman–Crippen MR) is 77.3 cm³/mol. The highest BCUT2D eigenvalue weighted by atomic mass is 35.5. The van der Waals surface area contributed by atoms with Gasteiger partial charge in [-0.3, -0.25) is 0 Å². The van der Waals surface area contributed by atoms with Crippen LogP contribution < -0.4 is 4.90 Å². The average Bonchev–Trinajstić information content (AvgIpc) is 2.40. The molecule has 0 radical (unpaired) electrons. The summed E-state index contributed by atoms with van der Waals surface area (Å²) in [6.07, 6.45) is 6.29. The molecule has 0 saturated carbocycles. The molecule has 1 unspecified atom stereocenters. The molecule has 18 heavy (non-hydrogen) atoms. The van der Waals surface area contributed by atoms with Crippen molar-refractivity contribution in [3.05, 3.63) is 28.8 Å². The fourth-order valence-electron chi connectivity index (χ4n) is 2.83. The largest absolute Gasteiger partial charge is 0.392 e. The Balaban J connectivity index is 2.22. The van der Waals surface area contributed by atoms with Gasteiger partial charge in [0.05, 0.1) is 17.3 Å². The lowest BCUT2D eigenvalue weighted by Gasteiger charge is -2.38. The van der Waals surface area contributed by atoms with E-state index in [1.54, 1.807) is 0 Å². The highest BCUT2D eigenvalue weighted by molar-refractivity contribution is 6.33. The highest BCUT2D eigenvalue weighted by Gasteiger charge is 2.23. The molecule has 0 aliphatic carbocycles. The molecule has 1 aromatic rings. The van der Waals surface area contributed by atoms with E-state index in [0.29, 0.717) is 6.04 Å². The zero-order valence-corrected chi connectivity index (χ0v) is 11.8. The van der Waals surface area contributed by atoms with E-state index in [1.165, 1.54) is 32.1 Å². The Morgan fingerprint density at radius 1 is 1.39 bits per heavy atom. The van der Waals surface area contributed by atoms with Crippen LogP contribution in [0.15, 0.2) is 18.2 Å². The zero-order chi connectivity index (χ0) is 13.0. The molecule has 100 valence electrons. The highest BCUT2D eigenvalue weighted by Crippen LogP contribution is 2.33. The predicted octanol–water partition coefficient (Wildman–Crippen LogP) is 3.99. The zero-order valence-electron chi connectivity index (χ0n) is 11.0. The summed E-state index contributed by atoms with van der Waals surface area (Å²) in [5.41, 5.74) is 2.01. The molecule has 1 fully saturated rings. The van der Waals surface area contributed by atoms with Gasteiger partial charge in [-0.1, -0.05) is 31.0 Å². The van der Waals surface area contributed by atoms with Gasteiger partial charge in [-0.25, -0.2) is 0 Å². The van der Waals surface area contributed by atoms with Crippen molar-refractivity contribution in [2.45, 2.75) is 51.7 Å². The number of aliphatic hydroxyl groups excluding tert-OH is 1. The number of hydrogen-bond acceptors (Lipinski definition) is 2. The van der Waals surface area contributed by atoms with Crippen LogP contribution in [0, 0.1) is 0 Å². The van der Waals surface area contributed by atoms with Gasteiger partial charge >= 0.3 is 0 Å². The van der Waals surface area contributed by atoms with Gasteiger partial charge in [0.2, 0.25) is 0 Å². The molecule has 1 aliphatic rings. The summed E-state index contributed by atoms with van der Waals surface area (Å²) in [5, 5.41) is 9.90. The normalized spacial score (nSPS) is 20.2. The van der Waals surface area contributed by atoms with Crippen LogP contribution in [0.5, 0.6) is 0 Å². The van der Waals surface area contributed by atoms with E-state index in [-0.39, 0.29) is 6.61 Å². The van der Waals surface area contributed by atoms with Crippen molar-refractivity contribution in [2.24, 2.45) is 0 Å². The number of anilines is 1. The van der Waals surface area contributed by atoms with Gasteiger partial charge in [-0.15, -0.1) is 0 Å². The first-order valence-corrected chi connectivity index (χ1v) is 7.30. The molecular weight excluding hydrogens is 246 g/mol. The van der Waals surface area contributed by atoms with Gasteiger partial charge < -0.3 is 10.0 Å². The van der Waals surface area contributed by atoms with Crippen LogP contribution in [0.1, 0.15) is 44.6 Å². The second-order valence-electron chi connectivity index (χ2n) is 5.08. The van der Waals surface area contributed by atoms with Crippen molar-refractivity contribution < 1.29 is 5.11 Å². The first kappa shape index (κ1) is 13.7. The van der Waals surface area contributed by atoms with E-state index in [1.807, 2.05) is 12.1 Å². The van der Waals surface area contributed by atoms with Crippen molar-refractivity contribution in [3.8, 4) is 0 Å². The molecule has 0 amide bonds. The third-order valence-electron chi connectivity index (χ3n) is 3.75. The Bertz CT molecular complexity index is 392. The lowest BCUT2D eigenvalue weighted by Crippen LogP contribution is -2.39. The van der Waals surface area contributed by atoms with Crippen LogP contribution in [-0.2, 0) is 6.61 Å². The fourth-order valence-corrected chi connectivity index (χ4v) is 3.14. The molecule has 1 aliphatic heterocycles. The third-order valence-corrected chi connectivity index (χ3v) is 4.06. The molecule has 1 heterocycles. The van der Waals surface area contributed by atoms with E-state index in [2.05, 4.69) is 17.9 Å². The van der Waals surface area contributed by atoms with Crippen molar-refractivity contribution in [1.82, 2.24) is 0 Å². The maximum absolute atomic E-state index is 9.13. The van der Waals surface area contributed by atoms with Gasteiger partial charge in [-0.2, -0.15) is 0 Å². The molecule has 2 nitrogen and oxygen atoms in total. The number of halogens is 1. The quantitative estimate of drug-likeness (QED) is 0.892. The number of nitrogens with zero attached hydrogens (tertiary/aromatic N) is 1. The Morgan fingerprint density at radius 3 is 2.89 bits per heavy atom. The third kappa shape index (κ3) is 2.99. The number of rotatable bonds is 4. The van der Waals surface area contributed by atoms with Gasteiger partial charge in [0.1, 0.15) is 0 Å². The Morgan fingerprint density at radius 2 is 2.22 bits per heavy atom. The topological polar surface area (TPSA) is 23.5 Å². The SMILES string of the molecule is CCCC1CCCCN1c1ccc(CO)cc1Cl. The molecule has 3 heteroatoms. The monoisotopic (exact) mass is 267 g/mol. The smallest absolute Gasteiger partial charge is 0.0682 e. The van der Waals surface area contributed by atoms with Crippen LogP contribution in [-0.4, -0.2) is 17.7 Å². The van der Waals surface area contributed by atoms with Gasteiger partial charge in [0.25, 0.3) is 0 Å². The van der Waals surface area contributed by atoms with Crippen molar-refractivity contribution in [3.63, 3.8) is 0 Å². The molecule has 2 rings (SSSR count). The van der Waals surface area contributed by atoms with E-state index >= 15 is 0 Å². The molecule has 0 spiro atoms. The minimum atomic E-state index is 0.0540. The molecule has 1 saturated heterocycles. The van der Waals surface area contributed by atoms with Crippen LogP contribution in [0.2, 0.25) is 5.02 Å². The summed E-state index contributed by atoms with van der Waals surface area (Å²) in [6, 6.07) is 6.54. The maximum atomic E-state index is 9.13. The standard InChI is InChI=1S/C15H22ClNO/c1-2-5-13-6-3-4-9-17(13)15-8-7-12(11-18)10-14(15)16/h7-8,10,13,18H,2-6,9,11H2,1H3. The Labute approximate surface area is 115 Å². The number of benzene rings is 1. The lowest BCUT2D eigenvalue weighted by molar-refractivity contribution is 0.282. The summed E-state index contributed by atoms with van der Waals surface area (Å²) in [4.78, 5) is 2.45. The van der Waals surface area contributed by atoms with Gasteiger partial charge in [-0.05, 0) is 43.4 Å². The second kappa shape index (κ2) is 6.44. The maximum Gasteiger partial charge on any atom is 0.0682 e. The van der Waals surface area contributed by atoms with Crippen molar-refractivity contribution >= 4 is 17.3 Å². The number of hydrogen-bond donors (Lipinski definition) is 1. The second-order valence-corrected chi connectivity index (χ2v) is 5.48. The van der Waals surface area contributed by atoms with Crippen LogP contribution in [0.25, 0.3) is 0 Å². The number of piperidine rings is 1. The lowest BCUT2D eigenvalue weighted by atomic mass is 9.97. The Kier molecular flexibility index (Phi) is 4.90. The van der Waals surface area contributed by atoms with Crippen molar-refractivity contribution in [1.29, 1.82) is 0 Å². The average molecular weight is 268 g/mol. The summed E-state index contributed by atoms with van der Waals surface area (Å²) in [6.45, 7) is 3.39. The van der Waals surface area contributed by atoms with Crippen LogP contribution in [0.3, 0.4) is 0 Å². The Hall–Kier alpha value is -0.730. The fraction of sp³-hybridized carbons (Fsp3) is 0.600. The molecule has 0 aromatic heterocycles. The van der Waals surface area contributed by atoms with E-state index in [4.69, 9.17) is 16.7 Å². The molecule has 1 atom stereocenters. The minimum Gasteiger partial charge on any atom is -0.392 e. The van der Waals surface area contributed by atoms with E-state index in [0.717, 1.165) is 22.8 Å². The van der Waals surface area contributed by atoms with Crippen LogP contribution in [0.4, 0.5) is 5.69 Å².